The smallest absolute Gasteiger partial charge is 0.270 e. The lowest BCUT2D eigenvalue weighted by atomic mass is 10.1. The quantitative estimate of drug-likeness (QED) is 0.756. The Hall–Kier alpha value is -2.06. The summed E-state index contributed by atoms with van der Waals surface area (Å²) in [4.78, 5) is 31.2. The number of thiocarbonyl (C=S) groups is 1. The zero-order valence-corrected chi connectivity index (χ0v) is 13.9. The van der Waals surface area contributed by atoms with E-state index in [9.17, 15) is 14.0 Å². The molecule has 0 aliphatic carbocycles. The maximum absolute atomic E-state index is 14.0. The number of hydrogen-bond acceptors (Lipinski definition) is 3. The molecule has 2 aliphatic heterocycles. The summed E-state index contributed by atoms with van der Waals surface area (Å²) in [7, 11) is 2.94. The van der Waals surface area contributed by atoms with Gasteiger partial charge in [-0.3, -0.25) is 14.6 Å². The van der Waals surface area contributed by atoms with Crippen LogP contribution in [0.15, 0.2) is 18.2 Å². The molecule has 6 nitrogen and oxygen atoms in total. The molecule has 3 amide bonds. The van der Waals surface area contributed by atoms with Crippen molar-refractivity contribution in [1.82, 2.24) is 14.7 Å². The average Bonchev–Trinajstić information content (AvgIpc) is 2.84. The Bertz CT molecular complexity index is 749. The molecule has 0 spiro atoms. The molecule has 3 rings (SSSR count). The third-order valence-electron chi connectivity index (χ3n) is 3.96. The fraction of sp³-hybridized carbons (Fsp3) is 0.286. The van der Waals surface area contributed by atoms with E-state index in [4.69, 9.17) is 23.8 Å². The van der Waals surface area contributed by atoms with Crippen LogP contribution in [0.1, 0.15) is 5.56 Å². The number of rotatable bonds is 2. The number of amidine groups is 1. The summed E-state index contributed by atoms with van der Waals surface area (Å²) in [5, 5.41) is 0.495. The number of amides is 3. The van der Waals surface area contributed by atoms with Crippen LogP contribution >= 0.6 is 23.8 Å². The van der Waals surface area contributed by atoms with Gasteiger partial charge in [0.05, 0.1) is 13.6 Å². The zero-order valence-electron chi connectivity index (χ0n) is 12.3. The normalized spacial score (nSPS) is 21.0. The average molecular weight is 356 g/mol. The van der Waals surface area contributed by atoms with Gasteiger partial charge < -0.3 is 0 Å². The van der Waals surface area contributed by atoms with Crippen LogP contribution < -0.4 is 4.99 Å². The molecule has 1 unspecified atom stereocenters. The van der Waals surface area contributed by atoms with Crippen LogP contribution in [0.3, 0.4) is 0 Å². The maximum atomic E-state index is 14.0. The van der Waals surface area contributed by atoms with E-state index < -0.39 is 23.8 Å². The molecule has 1 aromatic rings. The van der Waals surface area contributed by atoms with Gasteiger partial charge in [0.1, 0.15) is 5.82 Å². The van der Waals surface area contributed by atoms with Crippen LogP contribution in [0, 0.1) is 5.82 Å². The lowest BCUT2D eigenvalue weighted by Gasteiger charge is -2.31. The number of urea groups is 1. The highest BCUT2D eigenvalue weighted by Gasteiger charge is 2.54. The van der Waals surface area contributed by atoms with Crippen LogP contribution in [0.2, 0.25) is 5.02 Å². The number of nitrogens with zero attached hydrogens (tertiary/aromatic N) is 3. The maximum Gasteiger partial charge on any atom is 0.388 e. The lowest BCUT2D eigenvalue weighted by Crippen LogP contribution is -2.79. The molecule has 1 N–H and O–H groups in total. The fourth-order valence-electron chi connectivity index (χ4n) is 2.65. The van der Waals surface area contributed by atoms with Gasteiger partial charge in [0.2, 0.25) is 6.04 Å². The fourth-order valence-corrected chi connectivity index (χ4v) is 3.15. The Labute approximate surface area is 142 Å². The van der Waals surface area contributed by atoms with E-state index >= 15 is 0 Å². The summed E-state index contributed by atoms with van der Waals surface area (Å²) in [5.74, 6) is -0.534. The van der Waals surface area contributed by atoms with Gasteiger partial charge in [-0.15, -0.1) is 0 Å². The minimum absolute atomic E-state index is 0.0209. The summed E-state index contributed by atoms with van der Waals surface area (Å²) in [6.07, 6.45) is 0. The molecular formula is C14H13ClFN4O2S+. The second-order valence-electron chi connectivity index (χ2n) is 5.28. The number of likely N-dealkylation sites (N-methyl/N-ethyl adjacent to an activating group) is 2. The summed E-state index contributed by atoms with van der Waals surface area (Å²) >= 11 is 11.3. The van der Waals surface area contributed by atoms with Crippen molar-refractivity contribution in [2.24, 2.45) is 0 Å². The van der Waals surface area contributed by atoms with Crippen LogP contribution in [0.4, 0.5) is 9.18 Å². The molecule has 0 bridgehead atoms. The molecule has 1 aromatic carbocycles. The third kappa shape index (κ3) is 2.38. The number of imide groups is 1. The van der Waals surface area contributed by atoms with Crippen molar-refractivity contribution in [2.45, 2.75) is 12.6 Å². The number of nitrogens with one attached hydrogen (secondary N) is 1. The molecule has 9 heteroatoms. The van der Waals surface area contributed by atoms with Crippen LogP contribution in [-0.2, 0) is 11.3 Å². The SMILES string of the molecule is CN1C(=O)C2C(=[NH+]C(=S)N2Cc2c(F)cccc2Cl)N(C)C1=O. The molecule has 120 valence electrons. The monoisotopic (exact) mass is 355 g/mol. The summed E-state index contributed by atoms with van der Waals surface area (Å²) in [5.41, 5.74) is 0.245. The van der Waals surface area contributed by atoms with Gasteiger partial charge in [-0.25, -0.2) is 19.1 Å². The van der Waals surface area contributed by atoms with Crippen molar-refractivity contribution in [3.05, 3.63) is 34.6 Å². The van der Waals surface area contributed by atoms with Gasteiger partial charge in [-0.05, 0) is 24.4 Å². The standard InChI is InChI=1S/C14H12ClFN4O2S/c1-18-11-10(12(21)19(2)14(18)22)20(13(23)17-11)6-7-8(15)4-3-5-9(7)16/h3-5,10H,6H2,1-2H3/p+1. The molecule has 0 radical (unpaired) electrons. The van der Waals surface area contributed by atoms with Gasteiger partial charge in [0.25, 0.3) is 16.9 Å². The second kappa shape index (κ2) is 5.54. The van der Waals surface area contributed by atoms with Crippen LogP contribution in [0.25, 0.3) is 0 Å². The first-order valence-corrected chi connectivity index (χ1v) is 7.54. The highest BCUT2D eigenvalue weighted by Crippen LogP contribution is 2.24. The summed E-state index contributed by atoms with van der Waals surface area (Å²) in [6, 6.07) is 3.11. The molecule has 1 atom stereocenters. The number of hydrogen-bond donors (Lipinski definition) is 1. The van der Waals surface area contributed by atoms with Crippen molar-refractivity contribution in [1.29, 1.82) is 0 Å². The Morgan fingerprint density at radius 2 is 2.00 bits per heavy atom. The van der Waals surface area contributed by atoms with Crippen LogP contribution in [-0.4, -0.2) is 57.7 Å². The topological polar surface area (TPSA) is 57.8 Å². The highest BCUT2D eigenvalue weighted by atomic mass is 35.5. The van der Waals surface area contributed by atoms with E-state index in [2.05, 4.69) is 4.99 Å². The third-order valence-corrected chi connectivity index (χ3v) is 4.65. The molecule has 2 heterocycles. The van der Waals surface area contributed by atoms with E-state index in [1.807, 2.05) is 0 Å². The van der Waals surface area contributed by atoms with E-state index in [0.717, 1.165) is 4.90 Å². The van der Waals surface area contributed by atoms with E-state index in [1.54, 1.807) is 13.1 Å². The highest BCUT2D eigenvalue weighted by molar-refractivity contribution is 7.79. The Morgan fingerprint density at radius 3 is 2.65 bits per heavy atom. The Balaban J connectivity index is 1.98. The first-order valence-electron chi connectivity index (χ1n) is 6.75. The predicted octanol–water partition coefficient (Wildman–Crippen LogP) is -0.0489. The number of benzene rings is 1. The van der Waals surface area contributed by atoms with Gasteiger partial charge >= 0.3 is 6.03 Å². The largest absolute Gasteiger partial charge is 0.388 e. The minimum atomic E-state index is -0.800. The minimum Gasteiger partial charge on any atom is -0.270 e. The molecule has 0 saturated carbocycles. The Morgan fingerprint density at radius 1 is 1.30 bits per heavy atom. The number of fused-ring (bicyclic) bond motifs is 1. The number of carbonyl (C=O) groups excluding carboxylic acids is 2. The van der Waals surface area contributed by atoms with Crippen molar-refractivity contribution in [2.75, 3.05) is 14.1 Å². The predicted molar refractivity (Wildman–Crippen MR) is 85.2 cm³/mol. The van der Waals surface area contributed by atoms with Gasteiger partial charge in [-0.2, -0.15) is 0 Å². The molecule has 1 fully saturated rings. The zero-order chi connectivity index (χ0) is 16.9. The van der Waals surface area contributed by atoms with Gasteiger partial charge in [0.15, 0.2) is 0 Å². The number of carbonyl (C=O) groups is 2. The van der Waals surface area contributed by atoms with Crippen molar-refractivity contribution in [3.8, 4) is 0 Å². The molecule has 0 aromatic heterocycles. The van der Waals surface area contributed by atoms with Crippen molar-refractivity contribution in [3.63, 3.8) is 0 Å². The second-order valence-corrected chi connectivity index (χ2v) is 6.08. The first-order chi connectivity index (χ1) is 10.8. The number of halogens is 2. The van der Waals surface area contributed by atoms with E-state index in [1.165, 1.54) is 29.0 Å². The molecule has 23 heavy (non-hydrogen) atoms. The molecule has 2 aliphatic rings. The van der Waals surface area contributed by atoms with Crippen molar-refractivity contribution < 1.29 is 19.0 Å². The van der Waals surface area contributed by atoms with E-state index in [0.29, 0.717) is 5.84 Å². The van der Waals surface area contributed by atoms with E-state index in [-0.39, 0.29) is 22.2 Å². The van der Waals surface area contributed by atoms with Gasteiger partial charge in [-0.1, -0.05) is 17.7 Å². The van der Waals surface area contributed by atoms with Gasteiger partial charge in [0, 0.05) is 17.6 Å². The molecular weight excluding hydrogens is 343 g/mol. The van der Waals surface area contributed by atoms with Crippen LogP contribution in [0.5, 0.6) is 0 Å². The first kappa shape index (κ1) is 15.8. The Kier molecular flexibility index (Phi) is 3.81. The summed E-state index contributed by atoms with van der Waals surface area (Å²) < 4.78 is 14.0. The summed E-state index contributed by atoms with van der Waals surface area (Å²) in [6.45, 7) is 0.0209. The van der Waals surface area contributed by atoms with Crippen molar-refractivity contribution >= 4 is 46.7 Å². The lowest BCUT2D eigenvalue weighted by molar-refractivity contribution is -0.320. The molecule has 1 saturated heterocycles.